The van der Waals surface area contributed by atoms with Crippen LogP contribution in [0.15, 0.2) is 60.2 Å². The maximum atomic E-state index is 10.7. The van der Waals surface area contributed by atoms with Crippen LogP contribution in [0.2, 0.25) is 0 Å². The number of carboxylic acids is 1. The molecule has 2 aromatic rings. The van der Waals surface area contributed by atoms with Gasteiger partial charge in [-0.05, 0) is 35.9 Å². The number of carbonyl (C=O) groups is 1. The van der Waals surface area contributed by atoms with Crippen LogP contribution < -0.4 is 4.74 Å². The van der Waals surface area contributed by atoms with Gasteiger partial charge in [0.1, 0.15) is 23.1 Å². The largest absolute Gasteiger partial charge is 0.477 e. The van der Waals surface area contributed by atoms with E-state index in [9.17, 15) is 4.79 Å². The molecule has 2 rings (SSSR count). The predicted octanol–water partition coefficient (Wildman–Crippen LogP) is 3.47. The second-order valence-corrected chi connectivity index (χ2v) is 3.96. The van der Waals surface area contributed by atoms with Crippen LogP contribution in [-0.2, 0) is 4.79 Å². The van der Waals surface area contributed by atoms with Crippen molar-refractivity contribution in [1.82, 2.24) is 0 Å². The number of benzene rings is 2. The van der Waals surface area contributed by atoms with Crippen LogP contribution in [0.4, 0.5) is 0 Å². The number of nitrogens with zero attached hydrogens (tertiary/aromatic N) is 1. The number of para-hydroxylation sites is 1. The van der Waals surface area contributed by atoms with Crippen molar-refractivity contribution >= 4 is 12.0 Å². The molecule has 0 atom stereocenters. The van der Waals surface area contributed by atoms with E-state index in [1.807, 2.05) is 30.3 Å². The van der Waals surface area contributed by atoms with Crippen molar-refractivity contribution in [2.45, 2.75) is 0 Å². The van der Waals surface area contributed by atoms with Crippen LogP contribution in [0.25, 0.3) is 6.08 Å². The van der Waals surface area contributed by atoms with Gasteiger partial charge in [-0.3, -0.25) is 0 Å². The summed E-state index contributed by atoms with van der Waals surface area (Å²) < 4.78 is 5.61. The van der Waals surface area contributed by atoms with Gasteiger partial charge < -0.3 is 9.84 Å². The topological polar surface area (TPSA) is 70.3 Å². The highest BCUT2D eigenvalue weighted by Gasteiger charge is 2.05. The van der Waals surface area contributed by atoms with E-state index in [1.165, 1.54) is 6.08 Å². The van der Waals surface area contributed by atoms with E-state index in [0.717, 1.165) is 5.75 Å². The Hall–Kier alpha value is -3.06. The van der Waals surface area contributed by atoms with Crippen molar-refractivity contribution in [2.75, 3.05) is 0 Å². The summed E-state index contributed by atoms with van der Waals surface area (Å²) in [5.41, 5.74) is 0.325. The highest BCUT2D eigenvalue weighted by molar-refractivity contribution is 5.96. The quantitative estimate of drug-likeness (QED) is 0.678. The number of nitriles is 1. The fraction of sp³-hybridized carbons (Fsp3) is 0. The summed E-state index contributed by atoms with van der Waals surface area (Å²) in [6.45, 7) is 0. The normalized spacial score (nSPS) is 10.7. The number of hydrogen-bond acceptors (Lipinski definition) is 3. The zero-order valence-electron chi connectivity index (χ0n) is 10.5. The lowest BCUT2D eigenvalue weighted by Gasteiger charge is -2.05. The van der Waals surface area contributed by atoms with Gasteiger partial charge in [0.15, 0.2) is 0 Å². The van der Waals surface area contributed by atoms with Gasteiger partial charge in [0.25, 0.3) is 0 Å². The smallest absolute Gasteiger partial charge is 0.346 e. The summed E-state index contributed by atoms with van der Waals surface area (Å²) in [5, 5.41) is 17.5. The lowest BCUT2D eigenvalue weighted by molar-refractivity contribution is -0.132. The first kappa shape index (κ1) is 13.4. The van der Waals surface area contributed by atoms with Crippen LogP contribution in [0.1, 0.15) is 5.56 Å². The molecular weight excluding hydrogens is 254 g/mol. The summed E-state index contributed by atoms with van der Waals surface area (Å²) in [7, 11) is 0. The Morgan fingerprint density at radius 3 is 2.20 bits per heavy atom. The molecule has 20 heavy (non-hydrogen) atoms. The molecule has 4 heteroatoms. The zero-order valence-corrected chi connectivity index (χ0v) is 10.5. The molecule has 0 aromatic heterocycles. The van der Waals surface area contributed by atoms with E-state index in [-0.39, 0.29) is 5.57 Å². The van der Waals surface area contributed by atoms with Gasteiger partial charge in [0, 0.05) is 0 Å². The molecule has 0 spiro atoms. The van der Waals surface area contributed by atoms with Gasteiger partial charge in [0.2, 0.25) is 0 Å². The Morgan fingerprint density at radius 1 is 1.05 bits per heavy atom. The molecule has 98 valence electrons. The third-order valence-electron chi connectivity index (χ3n) is 2.52. The van der Waals surface area contributed by atoms with Gasteiger partial charge in [-0.15, -0.1) is 0 Å². The molecule has 4 nitrogen and oxygen atoms in total. The highest BCUT2D eigenvalue weighted by Crippen LogP contribution is 2.21. The molecule has 0 unspecified atom stereocenters. The summed E-state index contributed by atoms with van der Waals surface area (Å²) in [6, 6.07) is 17.8. The molecule has 0 amide bonds. The molecule has 0 heterocycles. The van der Waals surface area contributed by atoms with Crippen molar-refractivity contribution in [3.63, 3.8) is 0 Å². The zero-order chi connectivity index (χ0) is 14.4. The van der Waals surface area contributed by atoms with Crippen LogP contribution in [0.3, 0.4) is 0 Å². The first-order chi connectivity index (χ1) is 9.69. The SMILES string of the molecule is N#C/C(=C\c1ccc(Oc2ccccc2)cc1)C(=O)O. The fourth-order valence-corrected chi connectivity index (χ4v) is 1.57. The number of rotatable bonds is 4. The van der Waals surface area contributed by atoms with Crippen LogP contribution >= 0.6 is 0 Å². The second-order valence-electron chi connectivity index (χ2n) is 3.96. The van der Waals surface area contributed by atoms with E-state index in [4.69, 9.17) is 15.1 Å². The molecule has 0 aliphatic heterocycles. The molecule has 0 saturated heterocycles. The van der Waals surface area contributed by atoms with Gasteiger partial charge >= 0.3 is 5.97 Å². The molecular formula is C16H11NO3. The van der Waals surface area contributed by atoms with Crippen LogP contribution in [-0.4, -0.2) is 11.1 Å². The maximum Gasteiger partial charge on any atom is 0.346 e. The summed E-state index contributed by atoms with van der Waals surface area (Å²) >= 11 is 0. The van der Waals surface area contributed by atoms with Crippen molar-refractivity contribution in [3.8, 4) is 17.6 Å². The monoisotopic (exact) mass is 265 g/mol. The molecule has 0 aliphatic carbocycles. The third-order valence-corrected chi connectivity index (χ3v) is 2.52. The molecule has 0 saturated carbocycles. The number of carboxylic acid groups (broad SMARTS) is 1. The Balaban J connectivity index is 2.15. The van der Waals surface area contributed by atoms with Gasteiger partial charge in [-0.1, -0.05) is 30.3 Å². The Bertz CT molecular complexity index is 667. The third kappa shape index (κ3) is 3.47. The second kappa shape index (κ2) is 6.21. The van der Waals surface area contributed by atoms with E-state index in [2.05, 4.69) is 0 Å². The van der Waals surface area contributed by atoms with E-state index >= 15 is 0 Å². The van der Waals surface area contributed by atoms with Crippen LogP contribution in [0.5, 0.6) is 11.5 Å². The van der Waals surface area contributed by atoms with E-state index in [1.54, 1.807) is 30.3 Å². The molecule has 0 aliphatic rings. The minimum absolute atomic E-state index is 0.304. The van der Waals surface area contributed by atoms with Crippen molar-refractivity contribution in [1.29, 1.82) is 5.26 Å². The van der Waals surface area contributed by atoms with E-state index < -0.39 is 5.97 Å². The van der Waals surface area contributed by atoms with Crippen LogP contribution in [0, 0.1) is 11.3 Å². The predicted molar refractivity (Wildman–Crippen MR) is 74.2 cm³/mol. The summed E-state index contributed by atoms with van der Waals surface area (Å²) in [6.07, 6.45) is 1.31. The Morgan fingerprint density at radius 2 is 1.65 bits per heavy atom. The van der Waals surface area contributed by atoms with Crippen molar-refractivity contribution in [2.24, 2.45) is 0 Å². The van der Waals surface area contributed by atoms with Crippen molar-refractivity contribution in [3.05, 3.63) is 65.7 Å². The molecule has 0 bridgehead atoms. The molecule has 2 aromatic carbocycles. The van der Waals surface area contributed by atoms with Gasteiger partial charge in [0.05, 0.1) is 0 Å². The number of ether oxygens (including phenoxy) is 1. The fourth-order valence-electron chi connectivity index (χ4n) is 1.57. The number of hydrogen-bond donors (Lipinski definition) is 1. The lowest BCUT2D eigenvalue weighted by atomic mass is 10.1. The van der Waals surface area contributed by atoms with Gasteiger partial charge in [-0.2, -0.15) is 5.26 Å². The lowest BCUT2D eigenvalue weighted by Crippen LogP contribution is -1.97. The standard InChI is InChI=1S/C16H11NO3/c17-11-13(16(18)19)10-12-6-8-15(9-7-12)20-14-4-2-1-3-5-14/h1-10H,(H,18,19)/b13-10+. The average Bonchev–Trinajstić information content (AvgIpc) is 2.47. The van der Waals surface area contributed by atoms with E-state index in [0.29, 0.717) is 11.3 Å². The molecule has 0 fully saturated rings. The van der Waals surface area contributed by atoms with Crippen molar-refractivity contribution < 1.29 is 14.6 Å². The molecule has 0 radical (unpaired) electrons. The molecule has 1 N–H and O–H groups in total. The summed E-state index contributed by atoms with van der Waals surface area (Å²) in [4.78, 5) is 10.7. The Labute approximate surface area is 116 Å². The first-order valence-electron chi connectivity index (χ1n) is 5.87. The minimum atomic E-state index is -1.24. The first-order valence-corrected chi connectivity index (χ1v) is 5.87. The maximum absolute atomic E-state index is 10.7. The number of aliphatic carboxylic acids is 1. The summed E-state index contributed by atoms with van der Waals surface area (Å²) in [5.74, 6) is 0.123. The van der Waals surface area contributed by atoms with Gasteiger partial charge in [-0.25, -0.2) is 4.79 Å². The average molecular weight is 265 g/mol. The minimum Gasteiger partial charge on any atom is -0.477 e. The Kier molecular flexibility index (Phi) is 4.15. The highest BCUT2D eigenvalue weighted by atomic mass is 16.5.